The summed E-state index contributed by atoms with van der Waals surface area (Å²) in [4.78, 5) is 20.3. The topological polar surface area (TPSA) is 70.0 Å². The zero-order chi connectivity index (χ0) is 29.6. The fourth-order valence-corrected chi connectivity index (χ4v) is 6.55. The van der Waals surface area contributed by atoms with E-state index in [-0.39, 0.29) is 0 Å². The third-order valence-corrected chi connectivity index (χ3v) is 9.24. The molecule has 0 heterocycles. The predicted molar refractivity (Wildman–Crippen MR) is 164 cm³/mol. The molecule has 0 saturated carbocycles. The van der Waals surface area contributed by atoms with Crippen molar-refractivity contribution in [1.29, 1.82) is 0 Å². The molecule has 0 bridgehead atoms. The second-order valence-corrected chi connectivity index (χ2v) is 13.2. The summed E-state index contributed by atoms with van der Waals surface area (Å²) in [5, 5.41) is -0.410. The number of hydrogen-bond acceptors (Lipinski definition) is 5. The van der Waals surface area contributed by atoms with Crippen LogP contribution in [-0.2, 0) is 23.3 Å². The summed E-state index contributed by atoms with van der Waals surface area (Å²) >= 11 is 9.27. The molecule has 0 saturated heterocycles. The van der Waals surface area contributed by atoms with Gasteiger partial charge in [-0.3, -0.25) is 4.57 Å². The zero-order valence-electron chi connectivity index (χ0n) is 22.3. The number of rotatable bonds is 12. The number of benzene rings is 4. The lowest BCUT2D eigenvalue weighted by Gasteiger charge is -2.24. The molecule has 2 N–H and O–H groups in total. The van der Waals surface area contributed by atoms with Crippen LogP contribution in [0.4, 0.5) is 8.78 Å². The van der Waals surface area contributed by atoms with Gasteiger partial charge < -0.3 is 14.5 Å². The molecular weight excluding hydrogens is 607 g/mol. The van der Waals surface area contributed by atoms with Crippen molar-refractivity contribution in [2.24, 2.45) is 0 Å². The minimum absolute atomic E-state index is 0.310. The van der Waals surface area contributed by atoms with Gasteiger partial charge in [-0.05, 0) is 77.7 Å². The summed E-state index contributed by atoms with van der Waals surface area (Å²) < 4.78 is 47.9. The first kappa shape index (κ1) is 31.6. The van der Waals surface area contributed by atoms with E-state index in [0.717, 1.165) is 33.4 Å². The van der Waals surface area contributed by atoms with E-state index in [4.69, 9.17) is 26.1 Å². The smallest absolute Gasteiger partial charge is 0.399 e. The predicted octanol–water partition coefficient (Wildman–Crippen LogP) is 9.06. The van der Waals surface area contributed by atoms with Crippen LogP contribution in [0.15, 0.2) is 101 Å². The maximum absolute atomic E-state index is 14.3. The van der Waals surface area contributed by atoms with Gasteiger partial charge in [0, 0.05) is 18.0 Å². The molecule has 4 aromatic carbocycles. The molecule has 216 valence electrons. The van der Waals surface area contributed by atoms with Gasteiger partial charge in [0.05, 0.1) is 22.1 Å². The van der Waals surface area contributed by atoms with Crippen LogP contribution in [0, 0.1) is 0 Å². The van der Waals surface area contributed by atoms with Crippen LogP contribution in [0.3, 0.4) is 0 Å². The van der Waals surface area contributed by atoms with Crippen LogP contribution in [0.5, 0.6) is 5.75 Å². The Hall–Kier alpha value is -2.36. The minimum atomic E-state index is -5.74. The number of ether oxygens (including phenoxy) is 1. The van der Waals surface area contributed by atoms with E-state index >= 15 is 0 Å². The van der Waals surface area contributed by atoms with Crippen LogP contribution >= 0.6 is 42.9 Å². The number of para-hydroxylation sites is 1. The van der Waals surface area contributed by atoms with Crippen molar-refractivity contribution in [3.05, 3.63) is 113 Å². The normalized spacial score (nSPS) is 12.1. The first-order chi connectivity index (χ1) is 19.5. The quantitative estimate of drug-likeness (QED) is 0.0914. The third kappa shape index (κ3) is 7.93. The molecule has 5 nitrogen and oxygen atoms in total. The summed E-state index contributed by atoms with van der Waals surface area (Å²) in [5.41, 5.74) is -1.43. The molecule has 0 fully saturated rings. The van der Waals surface area contributed by atoms with E-state index in [9.17, 15) is 13.3 Å². The Balaban J connectivity index is 1.61. The summed E-state index contributed by atoms with van der Waals surface area (Å²) in [5.74, 6) is 0.726. The van der Waals surface area contributed by atoms with E-state index < -0.39 is 23.8 Å². The molecule has 0 amide bonds. The van der Waals surface area contributed by atoms with Crippen LogP contribution in [-0.4, -0.2) is 27.0 Å². The first-order valence-electron chi connectivity index (χ1n) is 12.6. The fourth-order valence-electron chi connectivity index (χ4n) is 4.13. The molecule has 0 spiro atoms. The highest BCUT2D eigenvalue weighted by Gasteiger charge is 2.51. The standard InChI is InChI=1S/C30H29ClF2NO4PS2/c1-3-38-28-9-4-5-10-29(28)41-34(20-22-13-16-26(27(31)17-22)30(32,33)39(35,36)37)19-21-11-14-23(15-12-21)24-7-6-8-25(18-24)40-2/h4-18H,3,19-20H2,1-2H3,(H2,35,36,37). The van der Waals surface area contributed by atoms with E-state index in [1.807, 2.05) is 47.8 Å². The summed E-state index contributed by atoms with van der Waals surface area (Å²) in [6.45, 7) is 3.23. The van der Waals surface area contributed by atoms with Gasteiger partial charge in [-0.15, -0.1) is 11.8 Å². The zero-order valence-corrected chi connectivity index (χ0v) is 25.6. The van der Waals surface area contributed by atoms with E-state index in [1.54, 1.807) is 11.8 Å². The maximum atomic E-state index is 14.3. The van der Waals surface area contributed by atoms with E-state index in [1.165, 1.54) is 29.0 Å². The Morgan fingerprint density at radius 3 is 2.24 bits per heavy atom. The van der Waals surface area contributed by atoms with Crippen LogP contribution in [0.1, 0.15) is 23.6 Å². The largest absolute Gasteiger partial charge is 0.493 e. The van der Waals surface area contributed by atoms with Gasteiger partial charge in [-0.2, -0.15) is 8.78 Å². The third-order valence-electron chi connectivity index (χ3n) is 6.17. The second kappa shape index (κ2) is 13.7. The van der Waals surface area contributed by atoms with Crippen molar-refractivity contribution in [3.63, 3.8) is 0 Å². The molecular formula is C30H29ClF2NO4PS2. The number of thioether (sulfide) groups is 1. The van der Waals surface area contributed by atoms with Crippen molar-refractivity contribution in [2.45, 2.75) is 35.5 Å². The molecule has 0 aromatic heterocycles. The number of hydrogen-bond donors (Lipinski definition) is 2. The van der Waals surface area contributed by atoms with Gasteiger partial charge >= 0.3 is 13.3 Å². The van der Waals surface area contributed by atoms with Gasteiger partial charge in [-0.25, -0.2) is 4.31 Å². The summed E-state index contributed by atoms with van der Waals surface area (Å²) in [7, 11) is -5.74. The van der Waals surface area contributed by atoms with Gasteiger partial charge in [0.2, 0.25) is 0 Å². The molecule has 0 unspecified atom stereocenters. The van der Waals surface area contributed by atoms with Gasteiger partial charge in [0.1, 0.15) is 5.75 Å². The maximum Gasteiger partial charge on any atom is 0.399 e. The average molecular weight is 636 g/mol. The summed E-state index contributed by atoms with van der Waals surface area (Å²) in [6.07, 6.45) is 2.04. The molecule has 0 aliphatic heterocycles. The number of nitrogens with zero attached hydrogens (tertiary/aromatic N) is 1. The monoisotopic (exact) mass is 635 g/mol. The Morgan fingerprint density at radius 1 is 0.902 bits per heavy atom. The van der Waals surface area contributed by atoms with E-state index in [2.05, 4.69) is 42.5 Å². The number of alkyl halides is 2. The second-order valence-electron chi connectivity index (χ2n) is 9.10. The lowest BCUT2D eigenvalue weighted by Crippen LogP contribution is -2.17. The average Bonchev–Trinajstić information content (AvgIpc) is 2.94. The number of halogens is 3. The summed E-state index contributed by atoms with van der Waals surface area (Å²) in [6, 6.07) is 27.9. The Bertz CT molecular complexity index is 1540. The van der Waals surface area contributed by atoms with Crippen molar-refractivity contribution in [2.75, 3.05) is 12.9 Å². The molecule has 41 heavy (non-hydrogen) atoms. The molecule has 0 aliphatic rings. The highest BCUT2D eigenvalue weighted by atomic mass is 35.5. The van der Waals surface area contributed by atoms with Crippen molar-refractivity contribution >= 4 is 42.9 Å². The Labute approximate surface area is 252 Å². The molecule has 0 radical (unpaired) electrons. The first-order valence-corrected chi connectivity index (χ1v) is 16.6. The van der Waals surface area contributed by atoms with Crippen molar-refractivity contribution in [3.8, 4) is 16.9 Å². The lowest BCUT2D eigenvalue weighted by atomic mass is 10.0. The fraction of sp³-hybridized carbons (Fsp3) is 0.200. The van der Waals surface area contributed by atoms with Gasteiger partial charge in [0.25, 0.3) is 0 Å². The molecule has 4 aromatic rings. The molecule has 4 rings (SSSR count). The molecule has 0 aliphatic carbocycles. The van der Waals surface area contributed by atoms with Crippen LogP contribution < -0.4 is 4.74 Å². The van der Waals surface area contributed by atoms with Crippen molar-refractivity contribution in [1.82, 2.24) is 4.31 Å². The Kier molecular flexibility index (Phi) is 10.6. The molecule has 0 atom stereocenters. The van der Waals surface area contributed by atoms with Crippen LogP contribution in [0.25, 0.3) is 11.1 Å². The highest BCUT2D eigenvalue weighted by molar-refractivity contribution is 7.98. The lowest BCUT2D eigenvalue weighted by molar-refractivity contribution is 0.0565. The molecule has 11 heteroatoms. The highest BCUT2D eigenvalue weighted by Crippen LogP contribution is 2.60. The van der Waals surface area contributed by atoms with Crippen LogP contribution in [0.2, 0.25) is 5.02 Å². The Morgan fingerprint density at radius 2 is 1.59 bits per heavy atom. The van der Waals surface area contributed by atoms with E-state index in [0.29, 0.717) is 25.3 Å². The van der Waals surface area contributed by atoms with Gasteiger partial charge in [0.15, 0.2) is 0 Å². The van der Waals surface area contributed by atoms with Gasteiger partial charge in [-0.1, -0.05) is 72.3 Å². The van der Waals surface area contributed by atoms with Crippen molar-refractivity contribution < 1.29 is 27.9 Å². The minimum Gasteiger partial charge on any atom is -0.493 e. The SMILES string of the molecule is CCOc1ccccc1SN(Cc1ccc(-c2cccc(SC)c2)cc1)Cc1ccc(C(F)(F)P(=O)(O)O)c(Cl)c1.